The summed E-state index contributed by atoms with van der Waals surface area (Å²) in [4.78, 5) is 12.1. The van der Waals surface area contributed by atoms with Crippen molar-refractivity contribution in [2.45, 2.75) is 39.5 Å². The Kier molecular flexibility index (Phi) is 6.28. The average molecular weight is 327 g/mol. The molecule has 3 heteroatoms. The average Bonchev–Trinajstić information content (AvgIpc) is 2.49. The molecule has 0 spiro atoms. The van der Waals surface area contributed by atoms with Crippen LogP contribution in [0.1, 0.15) is 40.8 Å². The minimum Gasteiger partial charge on any atom is -0.349 e. The maximum absolute atomic E-state index is 12.1. The molecule has 0 aliphatic heterocycles. The number of hydrogen-bond donors (Lipinski definition) is 1. The molecule has 0 bridgehead atoms. The highest BCUT2D eigenvalue weighted by Crippen LogP contribution is 2.19. The van der Waals surface area contributed by atoms with E-state index in [9.17, 15) is 4.79 Å². The summed E-state index contributed by atoms with van der Waals surface area (Å²) in [6.45, 7) is 8.30. The maximum atomic E-state index is 12.1. The molecule has 2 aromatic rings. The van der Waals surface area contributed by atoms with Crippen molar-refractivity contribution < 1.29 is 4.79 Å². The Hall–Kier alpha value is -1.74. The molecule has 0 fully saturated rings. The summed E-state index contributed by atoms with van der Waals surface area (Å²) in [5.41, 5.74) is 6.19. The van der Waals surface area contributed by atoms with Crippen molar-refractivity contribution in [3.63, 3.8) is 0 Å². The molecule has 0 unspecified atom stereocenters. The molecule has 122 valence electrons. The summed E-state index contributed by atoms with van der Waals surface area (Å²) >= 11 is 1.65. The van der Waals surface area contributed by atoms with Gasteiger partial charge in [0.15, 0.2) is 0 Å². The summed E-state index contributed by atoms with van der Waals surface area (Å²) < 4.78 is 0. The molecule has 0 radical (unpaired) electrons. The van der Waals surface area contributed by atoms with Crippen LogP contribution in [0, 0.1) is 20.8 Å². The molecule has 0 heterocycles. The van der Waals surface area contributed by atoms with Gasteiger partial charge >= 0.3 is 0 Å². The van der Waals surface area contributed by atoms with Crippen LogP contribution in [-0.4, -0.2) is 11.7 Å². The first-order chi connectivity index (χ1) is 11.0. The lowest BCUT2D eigenvalue weighted by molar-refractivity contribution is -0.119. The third-order valence-electron chi connectivity index (χ3n) is 3.89. The van der Waals surface area contributed by atoms with Crippen molar-refractivity contribution in [3.8, 4) is 0 Å². The Morgan fingerprint density at radius 1 is 1.04 bits per heavy atom. The SMILES string of the molecule is Cc1ccc(CSCC(=O)N[C@H](C)c2ccc(C)cc2C)cc1. The summed E-state index contributed by atoms with van der Waals surface area (Å²) in [7, 11) is 0. The molecule has 0 saturated heterocycles. The van der Waals surface area contributed by atoms with Crippen molar-refractivity contribution in [2.24, 2.45) is 0 Å². The van der Waals surface area contributed by atoms with Gasteiger partial charge in [-0.1, -0.05) is 53.6 Å². The second-order valence-electron chi connectivity index (χ2n) is 6.13. The van der Waals surface area contributed by atoms with Gasteiger partial charge < -0.3 is 5.32 Å². The molecule has 0 aliphatic rings. The van der Waals surface area contributed by atoms with Crippen molar-refractivity contribution in [2.75, 3.05) is 5.75 Å². The Bertz CT molecular complexity index is 664. The molecule has 23 heavy (non-hydrogen) atoms. The third kappa shape index (κ3) is 5.43. The van der Waals surface area contributed by atoms with Gasteiger partial charge in [0.1, 0.15) is 0 Å². The van der Waals surface area contributed by atoms with Crippen molar-refractivity contribution >= 4 is 17.7 Å². The van der Waals surface area contributed by atoms with Crippen LogP contribution >= 0.6 is 11.8 Å². The predicted molar refractivity (Wildman–Crippen MR) is 99.8 cm³/mol. The Labute approximate surface area is 143 Å². The first-order valence-electron chi connectivity index (χ1n) is 7.95. The summed E-state index contributed by atoms with van der Waals surface area (Å²) in [6.07, 6.45) is 0. The highest BCUT2D eigenvalue weighted by Gasteiger charge is 2.11. The lowest BCUT2D eigenvalue weighted by atomic mass is 10.0. The van der Waals surface area contributed by atoms with Crippen LogP contribution in [-0.2, 0) is 10.5 Å². The first-order valence-corrected chi connectivity index (χ1v) is 9.11. The maximum Gasteiger partial charge on any atom is 0.230 e. The largest absolute Gasteiger partial charge is 0.349 e. The fourth-order valence-electron chi connectivity index (χ4n) is 2.62. The summed E-state index contributed by atoms with van der Waals surface area (Å²) in [5, 5.41) is 3.09. The molecular weight excluding hydrogens is 302 g/mol. The molecule has 1 N–H and O–H groups in total. The highest BCUT2D eigenvalue weighted by molar-refractivity contribution is 7.99. The van der Waals surface area contributed by atoms with Crippen LogP contribution in [0.4, 0.5) is 0 Å². The molecule has 2 aromatic carbocycles. The zero-order valence-corrected chi connectivity index (χ0v) is 15.2. The molecule has 1 amide bonds. The van der Waals surface area contributed by atoms with E-state index < -0.39 is 0 Å². The van der Waals surface area contributed by atoms with Gasteiger partial charge in [0.05, 0.1) is 11.8 Å². The zero-order valence-electron chi connectivity index (χ0n) is 14.3. The van der Waals surface area contributed by atoms with Gasteiger partial charge in [-0.2, -0.15) is 0 Å². The number of thioether (sulfide) groups is 1. The Balaban J connectivity index is 1.81. The molecule has 2 rings (SSSR count). The molecule has 0 aliphatic carbocycles. The number of carbonyl (C=O) groups is 1. The number of amides is 1. The van der Waals surface area contributed by atoms with Crippen LogP contribution in [0.15, 0.2) is 42.5 Å². The van der Waals surface area contributed by atoms with Gasteiger partial charge in [-0.25, -0.2) is 0 Å². The Morgan fingerprint density at radius 3 is 2.35 bits per heavy atom. The fourth-order valence-corrected chi connectivity index (χ4v) is 3.42. The quantitative estimate of drug-likeness (QED) is 0.831. The van der Waals surface area contributed by atoms with Gasteiger partial charge in [0.25, 0.3) is 0 Å². The molecule has 1 atom stereocenters. The molecule has 0 saturated carbocycles. The van der Waals surface area contributed by atoms with Crippen molar-refractivity contribution in [1.29, 1.82) is 0 Å². The number of carbonyl (C=O) groups excluding carboxylic acids is 1. The van der Waals surface area contributed by atoms with Crippen LogP contribution in [0.2, 0.25) is 0 Å². The van der Waals surface area contributed by atoms with Crippen LogP contribution in [0.25, 0.3) is 0 Å². The molecule has 0 aromatic heterocycles. The monoisotopic (exact) mass is 327 g/mol. The van der Waals surface area contributed by atoms with Gasteiger partial charge in [-0.15, -0.1) is 11.8 Å². The number of benzene rings is 2. The van der Waals surface area contributed by atoms with E-state index in [1.807, 2.05) is 6.92 Å². The standard InChI is InChI=1S/C20H25NOS/c1-14-5-8-18(9-6-14)12-23-13-20(22)21-17(4)19-10-7-15(2)11-16(19)3/h5-11,17H,12-13H2,1-4H3,(H,21,22)/t17-/m1/s1. The second-order valence-corrected chi connectivity index (χ2v) is 7.11. The van der Waals surface area contributed by atoms with Crippen molar-refractivity contribution in [1.82, 2.24) is 5.32 Å². The lowest BCUT2D eigenvalue weighted by Gasteiger charge is -2.17. The fraction of sp³-hybridized carbons (Fsp3) is 0.350. The normalized spacial score (nSPS) is 12.0. The smallest absolute Gasteiger partial charge is 0.230 e. The summed E-state index contributed by atoms with van der Waals surface area (Å²) in [6, 6.07) is 14.9. The predicted octanol–water partition coefficient (Wildman–Crippen LogP) is 4.72. The first kappa shape index (κ1) is 17.6. The molecule has 2 nitrogen and oxygen atoms in total. The van der Waals surface area contributed by atoms with Crippen molar-refractivity contribution in [3.05, 3.63) is 70.3 Å². The van der Waals surface area contributed by atoms with Gasteiger partial charge in [0.2, 0.25) is 5.91 Å². The third-order valence-corrected chi connectivity index (χ3v) is 4.90. The Morgan fingerprint density at radius 2 is 1.70 bits per heavy atom. The number of rotatable bonds is 6. The van der Waals surface area contributed by atoms with E-state index in [2.05, 4.69) is 68.6 Å². The lowest BCUT2D eigenvalue weighted by Crippen LogP contribution is -2.28. The van der Waals surface area contributed by atoms with E-state index in [0.717, 1.165) is 5.75 Å². The highest BCUT2D eigenvalue weighted by atomic mass is 32.2. The van der Waals surface area contributed by atoms with E-state index in [-0.39, 0.29) is 11.9 Å². The zero-order chi connectivity index (χ0) is 16.8. The topological polar surface area (TPSA) is 29.1 Å². The van der Waals surface area contributed by atoms with E-state index >= 15 is 0 Å². The minimum atomic E-state index is 0.0445. The van der Waals surface area contributed by atoms with Crippen LogP contribution in [0.5, 0.6) is 0 Å². The van der Waals surface area contributed by atoms with Gasteiger partial charge in [-0.05, 0) is 44.4 Å². The summed E-state index contributed by atoms with van der Waals surface area (Å²) in [5.74, 6) is 1.45. The number of hydrogen-bond acceptors (Lipinski definition) is 2. The minimum absolute atomic E-state index is 0.0445. The van der Waals surface area contributed by atoms with Gasteiger partial charge in [-0.3, -0.25) is 4.79 Å². The van der Waals surface area contributed by atoms with Crippen LogP contribution < -0.4 is 5.32 Å². The van der Waals surface area contributed by atoms with Crippen LogP contribution in [0.3, 0.4) is 0 Å². The van der Waals surface area contributed by atoms with E-state index in [4.69, 9.17) is 0 Å². The number of aryl methyl sites for hydroxylation is 3. The number of nitrogens with one attached hydrogen (secondary N) is 1. The molecular formula is C20H25NOS. The van der Waals surface area contributed by atoms with E-state index in [1.54, 1.807) is 11.8 Å². The van der Waals surface area contributed by atoms with Gasteiger partial charge in [0, 0.05) is 5.75 Å². The van der Waals surface area contributed by atoms with E-state index in [0.29, 0.717) is 5.75 Å². The van der Waals surface area contributed by atoms with E-state index in [1.165, 1.54) is 27.8 Å². The second kappa shape index (κ2) is 8.21.